The van der Waals surface area contributed by atoms with Crippen molar-refractivity contribution in [3.05, 3.63) is 34.6 Å². The van der Waals surface area contributed by atoms with Crippen LogP contribution in [0.25, 0.3) is 0 Å². The Labute approximate surface area is 118 Å². The summed E-state index contributed by atoms with van der Waals surface area (Å²) < 4.78 is 19.1. The van der Waals surface area contributed by atoms with Crippen LogP contribution in [0, 0.1) is 5.82 Å². The second-order valence-electron chi connectivity index (χ2n) is 5.00. The van der Waals surface area contributed by atoms with E-state index < -0.39 is 0 Å². The zero-order valence-electron chi connectivity index (χ0n) is 10.9. The van der Waals surface area contributed by atoms with Crippen LogP contribution >= 0.6 is 11.6 Å². The van der Waals surface area contributed by atoms with Crippen LogP contribution in [-0.4, -0.2) is 18.8 Å². The first-order chi connectivity index (χ1) is 9.20. The summed E-state index contributed by atoms with van der Waals surface area (Å²) in [4.78, 5) is 0. The van der Waals surface area contributed by atoms with Crippen LogP contribution in [0.15, 0.2) is 18.2 Å². The van der Waals surface area contributed by atoms with E-state index in [2.05, 4.69) is 5.43 Å². The van der Waals surface area contributed by atoms with Gasteiger partial charge < -0.3 is 4.74 Å². The molecule has 1 aliphatic heterocycles. The predicted molar refractivity (Wildman–Crippen MR) is 74.4 cm³/mol. The molecule has 2 atom stereocenters. The number of halogens is 2. The van der Waals surface area contributed by atoms with Crippen LogP contribution in [-0.2, 0) is 11.2 Å². The summed E-state index contributed by atoms with van der Waals surface area (Å²) in [6.07, 6.45) is 5.06. The zero-order valence-corrected chi connectivity index (χ0v) is 11.6. The minimum absolute atomic E-state index is 0.0439. The van der Waals surface area contributed by atoms with Crippen molar-refractivity contribution in [2.45, 2.75) is 44.2 Å². The van der Waals surface area contributed by atoms with Crippen molar-refractivity contribution in [1.29, 1.82) is 0 Å². The summed E-state index contributed by atoms with van der Waals surface area (Å²) in [5.41, 5.74) is 3.56. The number of rotatable bonds is 5. The van der Waals surface area contributed by atoms with Gasteiger partial charge in [-0.05, 0) is 43.7 Å². The molecule has 106 valence electrons. The molecule has 1 aliphatic rings. The molecule has 0 amide bonds. The Bertz CT molecular complexity index is 410. The van der Waals surface area contributed by atoms with Gasteiger partial charge in [-0.15, -0.1) is 0 Å². The maximum absolute atomic E-state index is 13.4. The highest BCUT2D eigenvalue weighted by atomic mass is 35.5. The minimum atomic E-state index is -0.385. The van der Waals surface area contributed by atoms with Crippen LogP contribution in [0.4, 0.5) is 4.39 Å². The van der Waals surface area contributed by atoms with Crippen molar-refractivity contribution in [2.75, 3.05) is 6.61 Å². The Morgan fingerprint density at radius 1 is 1.47 bits per heavy atom. The van der Waals surface area contributed by atoms with Gasteiger partial charge in [0.05, 0.1) is 11.1 Å². The quantitative estimate of drug-likeness (QED) is 0.646. The number of ether oxygens (including phenoxy) is 1. The highest BCUT2D eigenvalue weighted by Crippen LogP contribution is 2.23. The van der Waals surface area contributed by atoms with Crippen molar-refractivity contribution in [3.63, 3.8) is 0 Å². The van der Waals surface area contributed by atoms with Gasteiger partial charge in [0.15, 0.2) is 0 Å². The van der Waals surface area contributed by atoms with Gasteiger partial charge in [0.25, 0.3) is 0 Å². The third-order valence-corrected chi connectivity index (χ3v) is 3.98. The van der Waals surface area contributed by atoms with E-state index >= 15 is 0 Å². The Morgan fingerprint density at radius 3 is 3.00 bits per heavy atom. The molecular weight excluding hydrogens is 267 g/mol. The van der Waals surface area contributed by atoms with Crippen molar-refractivity contribution < 1.29 is 9.13 Å². The molecule has 2 unspecified atom stereocenters. The molecule has 1 saturated heterocycles. The summed E-state index contributed by atoms with van der Waals surface area (Å²) in [5.74, 6) is 5.20. The number of nitrogens with two attached hydrogens (primary N) is 1. The number of hydrogen-bond acceptors (Lipinski definition) is 3. The molecule has 1 heterocycles. The molecular formula is C14H20ClFN2O. The molecule has 5 heteroatoms. The van der Waals surface area contributed by atoms with Gasteiger partial charge in [0, 0.05) is 12.6 Å². The third kappa shape index (κ3) is 4.14. The van der Waals surface area contributed by atoms with Crippen molar-refractivity contribution in [2.24, 2.45) is 5.84 Å². The van der Waals surface area contributed by atoms with E-state index in [4.69, 9.17) is 22.2 Å². The Morgan fingerprint density at radius 2 is 2.32 bits per heavy atom. The van der Waals surface area contributed by atoms with E-state index in [0.29, 0.717) is 6.42 Å². The molecule has 0 radical (unpaired) electrons. The van der Waals surface area contributed by atoms with Crippen molar-refractivity contribution in [3.8, 4) is 0 Å². The van der Waals surface area contributed by atoms with Crippen LogP contribution in [0.3, 0.4) is 0 Å². The first-order valence-corrected chi connectivity index (χ1v) is 7.09. The summed E-state index contributed by atoms with van der Waals surface area (Å²) in [5, 5.41) is 0.187. The first-order valence-electron chi connectivity index (χ1n) is 6.71. The molecule has 3 N–H and O–H groups in total. The molecule has 0 bridgehead atoms. The molecule has 3 nitrogen and oxygen atoms in total. The molecule has 0 aromatic heterocycles. The zero-order chi connectivity index (χ0) is 13.7. The monoisotopic (exact) mass is 286 g/mol. The summed E-state index contributed by atoms with van der Waals surface area (Å²) in [6, 6.07) is 4.90. The Hall–Kier alpha value is -0.680. The number of nitrogens with one attached hydrogen (secondary N) is 1. The molecule has 0 spiro atoms. The van der Waals surface area contributed by atoms with E-state index in [-0.39, 0.29) is 23.0 Å². The van der Waals surface area contributed by atoms with Crippen molar-refractivity contribution >= 4 is 11.6 Å². The second kappa shape index (κ2) is 7.20. The van der Waals surface area contributed by atoms with Crippen LogP contribution in [0.5, 0.6) is 0 Å². The van der Waals surface area contributed by atoms with Crippen LogP contribution < -0.4 is 11.3 Å². The molecule has 19 heavy (non-hydrogen) atoms. The fraction of sp³-hybridized carbons (Fsp3) is 0.571. The molecule has 0 saturated carbocycles. The molecule has 1 aromatic rings. The van der Waals surface area contributed by atoms with Gasteiger partial charge in [0.1, 0.15) is 5.82 Å². The molecule has 1 aromatic carbocycles. The van der Waals surface area contributed by atoms with E-state index in [1.807, 2.05) is 6.07 Å². The van der Waals surface area contributed by atoms with Gasteiger partial charge in [-0.2, -0.15) is 0 Å². The fourth-order valence-corrected chi connectivity index (χ4v) is 2.70. The lowest BCUT2D eigenvalue weighted by Crippen LogP contribution is -2.40. The lowest BCUT2D eigenvalue weighted by Gasteiger charge is -2.27. The van der Waals surface area contributed by atoms with E-state index in [1.54, 1.807) is 6.07 Å². The normalized spacial score (nSPS) is 21.3. The first kappa shape index (κ1) is 14.7. The topological polar surface area (TPSA) is 47.3 Å². The fourth-order valence-electron chi connectivity index (χ4n) is 2.49. The van der Waals surface area contributed by atoms with Crippen LogP contribution in [0.1, 0.15) is 31.2 Å². The maximum Gasteiger partial charge on any atom is 0.142 e. The number of hydrogen-bond donors (Lipinski definition) is 2. The number of hydrazine groups is 1. The average Bonchev–Trinajstić information content (AvgIpc) is 2.44. The molecule has 1 fully saturated rings. The van der Waals surface area contributed by atoms with E-state index in [9.17, 15) is 4.39 Å². The highest BCUT2D eigenvalue weighted by molar-refractivity contribution is 6.31. The SMILES string of the molecule is NNC(Cc1cccc(F)c1Cl)CC1CCCCO1. The average molecular weight is 287 g/mol. The Balaban J connectivity index is 1.96. The van der Waals surface area contributed by atoms with Crippen LogP contribution in [0.2, 0.25) is 5.02 Å². The highest BCUT2D eigenvalue weighted by Gasteiger charge is 2.20. The maximum atomic E-state index is 13.4. The smallest absolute Gasteiger partial charge is 0.142 e. The standard InChI is InChI=1S/C14H20ClFN2O/c15-14-10(4-3-6-13(14)16)8-11(18-17)9-12-5-1-2-7-19-12/h3-4,6,11-12,18H,1-2,5,7-9,17H2. The largest absolute Gasteiger partial charge is 0.378 e. The lowest BCUT2D eigenvalue weighted by atomic mass is 9.97. The summed E-state index contributed by atoms with van der Waals surface area (Å²) >= 11 is 5.96. The van der Waals surface area contributed by atoms with Crippen molar-refractivity contribution in [1.82, 2.24) is 5.43 Å². The van der Waals surface area contributed by atoms with Gasteiger partial charge in [0.2, 0.25) is 0 Å². The summed E-state index contributed by atoms with van der Waals surface area (Å²) in [7, 11) is 0. The molecule has 2 rings (SSSR count). The lowest BCUT2D eigenvalue weighted by molar-refractivity contribution is 0.00524. The van der Waals surface area contributed by atoms with Gasteiger partial charge >= 0.3 is 0 Å². The summed E-state index contributed by atoms with van der Waals surface area (Å²) in [6.45, 7) is 0.822. The van der Waals surface area contributed by atoms with E-state index in [1.165, 1.54) is 12.5 Å². The second-order valence-corrected chi connectivity index (χ2v) is 5.38. The molecule has 0 aliphatic carbocycles. The number of benzene rings is 1. The predicted octanol–water partition coefficient (Wildman–Crippen LogP) is 2.81. The third-order valence-electron chi connectivity index (χ3n) is 3.55. The Kier molecular flexibility index (Phi) is 5.58. The van der Waals surface area contributed by atoms with E-state index in [0.717, 1.165) is 31.4 Å². The van der Waals surface area contributed by atoms with Gasteiger partial charge in [-0.3, -0.25) is 11.3 Å². The van der Waals surface area contributed by atoms with Gasteiger partial charge in [-0.1, -0.05) is 23.7 Å². The minimum Gasteiger partial charge on any atom is -0.378 e. The van der Waals surface area contributed by atoms with Gasteiger partial charge in [-0.25, -0.2) is 4.39 Å².